The number of unbranched alkanes of at least 4 members (excludes halogenated alkanes) is 1. The van der Waals surface area contributed by atoms with Gasteiger partial charge in [0.2, 0.25) is 0 Å². The van der Waals surface area contributed by atoms with Crippen molar-refractivity contribution in [1.29, 1.82) is 0 Å². The Balaban J connectivity index is 2.11. The molecule has 2 radical (unpaired) electrons. The van der Waals surface area contributed by atoms with E-state index >= 15 is 0 Å². The third-order valence-electron chi connectivity index (χ3n) is 7.39. The van der Waals surface area contributed by atoms with Gasteiger partial charge in [-0.1, -0.05) is 141 Å². The summed E-state index contributed by atoms with van der Waals surface area (Å²) in [6, 6.07) is 44.4. The largest absolute Gasteiger partial charge is 0.136 e. The van der Waals surface area contributed by atoms with Gasteiger partial charge in [0.05, 0.1) is 0 Å². The first-order valence-corrected chi connectivity index (χ1v) is 14.2. The predicted octanol–water partition coefficient (Wildman–Crippen LogP) is 8.29. The average Bonchev–Trinajstić information content (AvgIpc) is 2.95. The van der Waals surface area contributed by atoms with E-state index in [-0.39, 0.29) is 10.8 Å². The Morgan fingerprint density at radius 1 is 0.514 bits per heavy atom. The Morgan fingerprint density at radius 3 is 1.03 bits per heavy atom. The standard InChI is InChI=1S/C33H36P2/c1-2-3-24-31(32(25-34,27-16-8-4-9-17-27)28-18-10-5-11-19-28)33(26-35,29-20-12-6-13-21-29)30-22-14-7-15-23-30/h4-23H,1-3,24-26,34-35H2. The van der Waals surface area contributed by atoms with Crippen LogP contribution in [0.25, 0.3) is 0 Å². The van der Waals surface area contributed by atoms with Crippen LogP contribution in [0.5, 0.6) is 0 Å². The molecule has 0 fully saturated rings. The zero-order valence-electron chi connectivity index (χ0n) is 20.4. The lowest BCUT2D eigenvalue weighted by Gasteiger charge is -2.52. The lowest BCUT2D eigenvalue weighted by molar-refractivity contribution is 0.413. The first kappa shape index (κ1) is 25.8. The van der Waals surface area contributed by atoms with E-state index in [0.717, 1.165) is 31.6 Å². The summed E-state index contributed by atoms with van der Waals surface area (Å²) in [7, 11) is 6.23. The fraction of sp³-hybridized carbons (Fsp3) is 0.212. The third-order valence-corrected chi connectivity index (χ3v) is 8.61. The molecule has 0 saturated heterocycles. The molecule has 4 aromatic carbocycles. The van der Waals surface area contributed by atoms with Gasteiger partial charge in [0, 0.05) is 16.7 Å². The SMILES string of the molecule is [CH2]CCC[C](C(CP)(c1ccccc1)c1ccccc1)C(CP)(c1ccccc1)c1ccccc1. The van der Waals surface area contributed by atoms with E-state index in [0.29, 0.717) is 0 Å². The quantitative estimate of drug-likeness (QED) is 0.184. The van der Waals surface area contributed by atoms with Gasteiger partial charge in [0.1, 0.15) is 0 Å². The molecule has 0 spiro atoms. The van der Waals surface area contributed by atoms with Crippen molar-refractivity contribution in [3.05, 3.63) is 156 Å². The highest BCUT2D eigenvalue weighted by molar-refractivity contribution is 7.17. The molecule has 4 rings (SSSR count). The van der Waals surface area contributed by atoms with E-state index in [9.17, 15) is 0 Å². The van der Waals surface area contributed by atoms with E-state index in [1.54, 1.807) is 0 Å². The first-order valence-electron chi connectivity index (χ1n) is 12.5. The van der Waals surface area contributed by atoms with Crippen LogP contribution >= 0.6 is 18.5 Å². The summed E-state index contributed by atoms with van der Waals surface area (Å²) in [5.74, 6) is 1.54. The molecule has 178 valence electrons. The van der Waals surface area contributed by atoms with Gasteiger partial charge in [-0.15, -0.1) is 18.5 Å². The van der Waals surface area contributed by atoms with Crippen LogP contribution < -0.4 is 0 Å². The molecule has 2 unspecified atom stereocenters. The highest BCUT2D eigenvalue weighted by atomic mass is 31.0. The Kier molecular flexibility index (Phi) is 8.94. The normalized spacial score (nSPS) is 12.1. The molecule has 4 aromatic rings. The van der Waals surface area contributed by atoms with Crippen molar-refractivity contribution in [2.45, 2.75) is 30.1 Å². The molecular weight excluding hydrogens is 458 g/mol. The van der Waals surface area contributed by atoms with Gasteiger partial charge in [0.15, 0.2) is 0 Å². The van der Waals surface area contributed by atoms with Crippen molar-refractivity contribution < 1.29 is 0 Å². The van der Waals surface area contributed by atoms with Crippen molar-refractivity contribution in [3.63, 3.8) is 0 Å². The van der Waals surface area contributed by atoms with Crippen molar-refractivity contribution >= 4 is 18.5 Å². The first-order chi connectivity index (χ1) is 17.2. The Hall–Kier alpha value is -2.26. The second kappa shape index (κ2) is 12.1. The summed E-state index contributed by atoms with van der Waals surface area (Å²) < 4.78 is 0. The van der Waals surface area contributed by atoms with Crippen molar-refractivity contribution in [2.24, 2.45) is 0 Å². The van der Waals surface area contributed by atoms with Gasteiger partial charge >= 0.3 is 0 Å². The van der Waals surface area contributed by atoms with E-state index in [2.05, 4.69) is 147 Å². The van der Waals surface area contributed by atoms with Crippen molar-refractivity contribution in [1.82, 2.24) is 0 Å². The monoisotopic (exact) mass is 494 g/mol. The van der Waals surface area contributed by atoms with Gasteiger partial charge in [-0.05, 0) is 41.0 Å². The summed E-state index contributed by atoms with van der Waals surface area (Å²) in [6.07, 6.45) is 4.77. The summed E-state index contributed by atoms with van der Waals surface area (Å²) in [4.78, 5) is 0. The maximum absolute atomic E-state index is 4.24. The maximum atomic E-state index is 4.24. The van der Waals surface area contributed by atoms with Crippen LogP contribution in [0, 0.1) is 12.8 Å². The predicted molar refractivity (Wildman–Crippen MR) is 159 cm³/mol. The second-order valence-electron chi connectivity index (χ2n) is 9.12. The fourth-order valence-corrected chi connectivity index (χ4v) is 7.17. The summed E-state index contributed by atoms with van der Waals surface area (Å²) in [5, 5.41) is 0. The van der Waals surface area contributed by atoms with E-state index in [1.807, 2.05) is 0 Å². The summed E-state index contributed by atoms with van der Waals surface area (Å²) in [5.41, 5.74) is 4.82. The Labute approximate surface area is 217 Å². The minimum absolute atomic E-state index is 0.273. The molecule has 0 bridgehead atoms. The molecule has 0 heterocycles. The zero-order valence-corrected chi connectivity index (χ0v) is 22.8. The Morgan fingerprint density at radius 2 is 0.800 bits per heavy atom. The third kappa shape index (κ3) is 4.89. The zero-order chi connectivity index (χ0) is 24.6. The summed E-state index contributed by atoms with van der Waals surface area (Å²) in [6.45, 7) is 4.24. The molecule has 0 aliphatic heterocycles. The molecule has 0 aliphatic rings. The number of rotatable bonds is 11. The highest BCUT2D eigenvalue weighted by Crippen LogP contribution is 2.56. The highest BCUT2D eigenvalue weighted by Gasteiger charge is 2.52. The molecule has 0 saturated carbocycles. The van der Waals surface area contributed by atoms with Crippen LogP contribution in [0.3, 0.4) is 0 Å². The van der Waals surface area contributed by atoms with Gasteiger partial charge in [-0.3, -0.25) is 0 Å². The van der Waals surface area contributed by atoms with E-state index in [4.69, 9.17) is 0 Å². The number of hydrogen-bond acceptors (Lipinski definition) is 0. The van der Waals surface area contributed by atoms with Crippen LogP contribution in [0.15, 0.2) is 121 Å². The maximum Gasteiger partial charge on any atom is 0.0311 e. The van der Waals surface area contributed by atoms with Gasteiger partial charge in [-0.2, -0.15) is 0 Å². The Bertz CT molecular complexity index is 971. The summed E-state index contributed by atoms with van der Waals surface area (Å²) >= 11 is 0. The molecule has 0 N–H and O–H groups in total. The van der Waals surface area contributed by atoms with Crippen molar-refractivity contribution in [2.75, 3.05) is 12.3 Å². The average molecular weight is 495 g/mol. The van der Waals surface area contributed by atoms with Crippen LogP contribution in [0.1, 0.15) is 41.5 Å². The molecule has 0 amide bonds. The number of hydrogen-bond donors (Lipinski definition) is 0. The number of benzene rings is 4. The molecule has 0 nitrogen and oxygen atoms in total. The lowest BCUT2D eigenvalue weighted by atomic mass is 9.52. The van der Waals surface area contributed by atoms with Gasteiger partial charge < -0.3 is 0 Å². The van der Waals surface area contributed by atoms with Crippen molar-refractivity contribution in [3.8, 4) is 0 Å². The minimum Gasteiger partial charge on any atom is -0.136 e. The molecule has 0 aliphatic carbocycles. The molecular formula is C33H36P2. The van der Waals surface area contributed by atoms with Gasteiger partial charge in [-0.25, -0.2) is 0 Å². The fourth-order valence-electron chi connectivity index (χ4n) is 5.73. The second-order valence-corrected chi connectivity index (χ2v) is 9.94. The smallest absolute Gasteiger partial charge is 0.0311 e. The molecule has 35 heavy (non-hydrogen) atoms. The van der Waals surface area contributed by atoms with Gasteiger partial charge in [0.25, 0.3) is 0 Å². The topological polar surface area (TPSA) is 0 Å². The van der Waals surface area contributed by atoms with E-state index < -0.39 is 0 Å². The van der Waals surface area contributed by atoms with Crippen LogP contribution in [-0.4, -0.2) is 12.3 Å². The lowest BCUT2D eigenvalue weighted by Crippen LogP contribution is -2.50. The molecule has 2 atom stereocenters. The van der Waals surface area contributed by atoms with Crippen LogP contribution in [-0.2, 0) is 10.8 Å². The molecule has 2 heteroatoms. The molecule has 0 aromatic heterocycles. The van der Waals surface area contributed by atoms with E-state index in [1.165, 1.54) is 28.2 Å². The van der Waals surface area contributed by atoms with Crippen LogP contribution in [0.2, 0.25) is 0 Å². The minimum atomic E-state index is -0.273. The van der Waals surface area contributed by atoms with Crippen LogP contribution in [0.4, 0.5) is 0 Å².